The summed E-state index contributed by atoms with van der Waals surface area (Å²) in [6, 6.07) is 12.8. The van der Waals surface area contributed by atoms with Crippen molar-refractivity contribution in [2.75, 3.05) is 13.1 Å². The zero-order chi connectivity index (χ0) is 13.1. The maximum Gasteiger partial charge on any atom is 0.0705 e. The standard InChI is InChI=1S/C16H17N3/c17-11-13-6-9-19(10-7-13)12-14-5-8-18-16-4-2-1-3-15(14)16/h1-5,8,13H,6-7,9-10,12H2. The molecule has 96 valence electrons. The number of nitriles is 1. The van der Waals surface area contributed by atoms with Crippen molar-refractivity contribution in [1.82, 2.24) is 9.88 Å². The van der Waals surface area contributed by atoms with Crippen LogP contribution in [0.5, 0.6) is 0 Å². The molecule has 1 aliphatic heterocycles. The number of pyridine rings is 1. The molecule has 0 N–H and O–H groups in total. The highest BCUT2D eigenvalue weighted by Gasteiger charge is 2.19. The average molecular weight is 251 g/mol. The number of para-hydroxylation sites is 1. The van der Waals surface area contributed by atoms with E-state index in [9.17, 15) is 0 Å². The monoisotopic (exact) mass is 251 g/mol. The normalized spacial score (nSPS) is 17.4. The van der Waals surface area contributed by atoms with Crippen LogP contribution in [0.3, 0.4) is 0 Å². The van der Waals surface area contributed by atoms with Crippen molar-refractivity contribution in [3.63, 3.8) is 0 Å². The van der Waals surface area contributed by atoms with E-state index in [0.717, 1.165) is 38.0 Å². The number of piperidine rings is 1. The summed E-state index contributed by atoms with van der Waals surface area (Å²) in [5.41, 5.74) is 2.40. The van der Waals surface area contributed by atoms with Gasteiger partial charge in [0, 0.05) is 24.0 Å². The van der Waals surface area contributed by atoms with Crippen LogP contribution in [-0.4, -0.2) is 23.0 Å². The number of benzene rings is 1. The van der Waals surface area contributed by atoms with Crippen LogP contribution in [0.15, 0.2) is 36.5 Å². The van der Waals surface area contributed by atoms with Crippen molar-refractivity contribution < 1.29 is 0 Å². The predicted molar refractivity (Wildman–Crippen MR) is 75.4 cm³/mol. The topological polar surface area (TPSA) is 39.9 Å². The van der Waals surface area contributed by atoms with E-state index in [1.807, 2.05) is 12.3 Å². The van der Waals surface area contributed by atoms with Crippen LogP contribution in [0.1, 0.15) is 18.4 Å². The molecule has 1 fully saturated rings. The molecule has 3 rings (SSSR count). The van der Waals surface area contributed by atoms with E-state index in [0.29, 0.717) is 0 Å². The highest BCUT2D eigenvalue weighted by Crippen LogP contribution is 2.21. The molecule has 2 aromatic rings. The smallest absolute Gasteiger partial charge is 0.0705 e. The van der Waals surface area contributed by atoms with Crippen LogP contribution in [0.25, 0.3) is 10.9 Å². The maximum absolute atomic E-state index is 8.93. The number of aromatic nitrogens is 1. The van der Waals surface area contributed by atoms with Crippen LogP contribution in [0.4, 0.5) is 0 Å². The second kappa shape index (κ2) is 5.38. The lowest BCUT2D eigenvalue weighted by atomic mass is 9.98. The molecule has 0 bridgehead atoms. The average Bonchev–Trinajstić information content (AvgIpc) is 2.48. The molecule has 1 saturated heterocycles. The van der Waals surface area contributed by atoms with Gasteiger partial charge in [0.2, 0.25) is 0 Å². The van der Waals surface area contributed by atoms with Gasteiger partial charge in [-0.3, -0.25) is 9.88 Å². The second-order valence-corrected chi connectivity index (χ2v) is 5.17. The van der Waals surface area contributed by atoms with E-state index < -0.39 is 0 Å². The summed E-state index contributed by atoms with van der Waals surface area (Å²) < 4.78 is 0. The van der Waals surface area contributed by atoms with Crippen LogP contribution in [0.2, 0.25) is 0 Å². The summed E-state index contributed by atoms with van der Waals surface area (Å²) in [4.78, 5) is 6.84. The van der Waals surface area contributed by atoms with Gasteiger partial charge in [0.25, 0.3) is 0 Å². The third kappa shape index (κ3) is 2.59. The summed E-state index contributed by atoms with van der Waals surface area (Å²) >= 11 is 0. The number of fused-ring (bicyclic) bond motifs is 1. The van der Waals surface area contributed by atoms with E-state index in [2.05, 4.69) is 40.2 Å². The zero-order valence-electron chi connectivity index (χ0n) is 10.9. The van der Waals surface area contributed by atoms with Crippen LogP contribution < -0.4 is 0 Å². The summed E-state index contributed by atoms with van der Waals surface area (Å²) in [7, 11) is 0. The molecule has 0 atom stereocenters. The molecule has 1 aromatic heterocycles. The first-order valence-corrected chi connectivity index (χ1v) is 6.81. The van der Waals surface area contributed by atoms with E-state index >= 15 is 0 Å². The SMILES string of the molecule is N#CC1CCN(Cc2ccnc3ccccc23)CC1. The Bertz CT molecular complexity index is 601. The van der Waals surface area contributed by atoms with Gasteiger partial charge < -0.3 is 0 Å². The Morgan fingerprint density at radius 2 is 2.00 bits per heavy atom. The Morgan fingerprint density at radius 3 is 2.79 bits per heavy atom. The van der Waals surface area contributed by atoms with Crippen molar-refractivity contribution in [3.8, 4) is 6.07 Å². The minimum absolute atomic E-state index is 0.255. The number of hydrogen-bond acceptors (Lipinski definition) is 3. The Kier molecular flexibility index (Phi) is 3.43. The number of likely N-dealkylation sites (tertiary alicyclic amines) is 1. The van der Waals surface area contributed by atoms with Crippen LogP contribution in [-0.2, 0) is 6.54 Å². The quantitative estimate of drug-likeness (QED) is 0.823. The molecule has 0 amide bonds. The highest BCUT2D eigenvalue weighted by molar-refractivity contribution is 5.81. The molecule has 0 unspecified atom stereocenters. The first kappa shape index (κ1) is 12.1. The van der Waals surface area contributed by atoms with Crippen molar-refractivity contribution in [1.29, 1.82) is 5.26 Å². The largest absolute Gasteiger partial charge is 0.299 e. The lowest BCUT2D eigenvalue weighted by Gasteiger charge is -2.29. The fourth-order valence-corrected chi connectivity index (χ4v) is 2.75. The van der Waals surface area contributed by atoms with Gasteiger partial charge in [-0.05, 0) is 43.6 Å². The molecular weight excluding hydrogens is 234 g/mol. The molecule has 3 nitrogen and oxygen atoms in total. The third-order valence-electron chi connectivity index (χ3n) is 3.90. The van der Waals surface area contributed by atoms with E-state index in [1.165, 1.54) is 10.9 Å². The number of hydrogen-bond donors (Lipinski definition) is 0. The molecule has 19 heavy (non-hydrogen) atoms. The van der Waals surface area contributed by atoms with Gasteiger partial charge in [0.05, 0.1) is 11.6 Å². The number of rotatable bonds is 2. The van der Waals surface area contributed by atoms with Gasteiger partial charge in [-0.1, -0.05) is 18.2 Å². The van der Waals surface area contributed by atoms with Crippen molar-refractivity contribution in [2.24, 2.45) is 5.92 Å². The van der Waals surface area contributed by atoms with Gasteiger partial charge in [-0.25, -0.2) is 0 Å². The molecule has 1 aromatic carbocycles. The van der Waals surface area contributed by atoms with Gasteiger partial charge in [-0.2, -0.15) is 5.26 Å². The maximum atomic E-state index is 8.93. The molecule has 2 heterocycles. The van der Waals surface area contributed by atoms with Crippen LogP contribution in [0, 0.1) is 17.2 Å². The van der Waals surface area contributed by atoms with E-state index in [-0.39, 0.29) is 5.92 Å². The minimum Gasteiger partial charge on any atom is -0.299 e. The molecule has 0 aliphatic carbocycles. The molecule has 0 saturated carbocycles. The van der Waals surface area contributed by atoms with Gasteiger partial charge in [-0.15, -0.1) is 0 Å². The van der Waals surface area contributed by atoms with Gasteiger partial charge in [0.1, 0.15) is 0 Å². The molecule has 0 spiro atoms. The third-order valence-corrected chi connectivity index (χ3v) is 3.90. The molecular formula is C16H17N3. The lowest BCUT2D eigenvalue weighted by Crippen LogP contribution is -2.32. The zero-order valence-corrected chi connectivity index (χ0v) is 10.9. The highest BCUT2D eigenvalue weighted by atomic mass is 15.1. The fraction of sp³-hybridized carbons (Fsp3) is 0.375. The summed E-state index contributed by atoms with van der Waals surface area (Å²) in [6.45, 7) is 3.00. The lowest BCUT2D eigenvalue weighted by molar-refractivity contribution is 0.199. The Labute approximate surface area is 113 Å². The van der Waals surface area contributed by atoms with Crippen LogP contribution >= 0.6 is 0 Å². The predicted octanol–water partition coefficient (Wildman–Crippen LogP) is 2.97. The Morgan fingerprint density at radius 1 is 1.21 bits per heavy atom. The summed E-state index contributed by atoms with van der Waals surface area (Å²) in [6.07, 6.45) is 3.89. The van der Waals surface area contributed by atoms with Gasteiger partial charge >= 0.3 is 0 Å². The first-order valence-electron chi connectivity index (χ1n) is 6.81. The Hall–Kier alpha value is -1.92. The van der Waals surface area contributed by atoms with E-state index in [1.54, 1.807) is 0 Å². The fourth-order valence-electron chi connectivity index (χ4n) is 2.75. The van der Waals surface area contributed by atoms with Crippen molar-refractivity contribution in [3.05, 3.63) is 42.1 Å². The molecule has 1 aliphatic rings. The second-order valence-electron chi connectivity index (χ2n) is 5.17. The summed E-state index contributed by atoms with van der Waals surface area (Å²) in [5.74, 6) is 0.255. The van der Waals surface area contributed by atoms with Crippen molar-refractivity contribution >= 4 is 10.9 Å². The Balaban J connectivity index is 1.77. The van der Waals surface area contributed by atoms with E-state index in [4.69, 9.17) is 5.26 Å². The molecule has 0 radical (unpaired) electrons. The van der Waals surface area contributed by atoms with Crippen molar-refractivity contribution in [2.45, 2.75) is 19.4 Å². The number of nitrogens with zero attached hydrogens (tertiary/aromatic N) is 3. The minimum atomic E-state index is 0.255. The summed E-state index contributed by atoms with van der Waals surface area (Å²) in [5, 5.41) is 10.2. The molecule has 3 heteroatoms. The first-order chi connectivity index (χ1) is 9.36. The van der Waals surface area contributed by atoms with Gasteiger partial charge in [0.15, 0.2) is 0 Å².